The van der Waals surface area contributed by atoms with E-state index in [1.807, 2.05) is 40.8 Å². The summed E-state index contributed by atoms with van der Waals surface area (Å²) in [7, 11) is 3.49. The van der Waals surface area contributed by atoms with Gasteiger partial charge in [-0.2, -0.15) is 18.3 Å². The highest BCUT2D eigenvalue weighted by Gasteiger charge is 2.32. The SMILES string of the molecule is COc1ccc(-c2nn(CN3CCN(c4ncc(C(F)(F)F)cc4Cl)CC3)c(=S)n2C)cc1. The Morgan fingerprint density at radius 1 is 1.12 bits per heavy atom. The van der Waals surface area contributed by atoms with Gasteiger partial charge in [0.1, 0.15) is 11.6 Å². The van der Waals surface area contributed by atoms with Crippen molar-refractivity contribution in [3.05, 3.63) is 51.9 Å². The first-order chi connectivity index (χ1) is 15.7. The van der Waals surface area contributed by atoms with Crippen molar-refractivity contribution < 1.29 is 17.9 Å². The standard InChI is InChI=1S/C21H22ClF3N6OS/c1-28-18(14-3-5-16(32-2)6-4-14)27-31(20(28)33)13-29-7-9-30(10-8-29)19-17(22)11-15(12-26-19)21(23,24)25/h3-6,11-12H,7-10,13H2,1-2H3. The Balaban J connectivity index is 1.43. The molecule has 176 valence electrons. The van der Waals surface area contributed by atoms with E-state index in [-0.39, 0.29) is 5.02 Å². The molecule has 0 bridgehead atoms. The van der Waals surface area contributed by atoms with Crippen LogP contribution < -0.4 is 9.64 Å². The fourth-order valence-electron chi connectivity index (χ4n) is 3.68. The van der Waals surface area contributed by atoms with Gasteiger partial charge in [0.25, 0.3) is 0 Å². The van der Waals surface area contributed by atoms with Crippen LogP contribution in [0.25, 0.3) is 11.4 Å². The Hall–Kier alpha value is -2.63. The maximum Gasteiger partial charge on any atom is 0.417 e. The van der Waals surface area contributed by atoms with Crippen molar-refractivity contribution in [1.29, 1.82) is 0 Å². The smallest absolute Gasteiger partial charge is 0.417 e. The van der Waals surface area contributed by atoms with E-state index in [4.69, 9.17) is 33.7 Å². The van der Waals surface area contributed by atoms with Gasteiger partial charge in [-0.05, 0) is 42.5 Å². The molecule has 1 fully saturated rings. The summed E-state index contributed by atoms with van der Waals surface area (Å²) >= 11 is 11.7. The van der Waals surface area contributed by atoms with Gasteiger partial charge >= 0.3 is 6.18 Å². The third-order valence-corrected chi connectivity index (χ3v) is 6.31. The van der Waals surface area contributed by atoms with Crippen LogP contribution in [0.1, 0.15) is 5.56 Å². The van der Waals surface area contributed by atoms with Crippen molar-refractivity contribution in [2.24, 2.45) is 7.05 Å². The predicted octanol–water partition coefficient (Wildman–Crippen LogP) is 4.47. The normalized spacial score (nSPS) is 15.2. The molecule has 1 aliphatic rings. The monoisotopic (exact) mass is 498 g/mol. The molecule has 0 spiro atoms. The Bertz CT molecular complexity index is 1190. The molecule has 0 N–H and O–H groups in total. The molecule has 0 unspecified atom stereocenters. The lowest BCUT2D eigenvalue weighted by molar-refractivity contribution is -0.137. The number of rotatable bonds is 5. The van der Waals surface area contributed by atoms with E-state index >= 15 is 0 Å². The summed E-state index contributed by atoms with van der Waals surface area (Å²) in [5, 5.41) is 4.69. The predicted molar refractivity (Wildman–Crippen MR) is 122 cm³/mol. The van der Waals surface area contributed by atoms with E-state index in [2.05, 4.69) is 9.88 Å². The maximum absolute atomic E-state index is 12.9. The van der Waals surface area contributed by atoms with Crippen LogP contribution >= 0.6 is 23.8 Å². The van der Waals surface area contributed by atoms with Crippen molar-refractivity contribution in [1.82, 2.24) is 24.2 Å². The Labute approximate surface area is 199 Å². The van der Waals surface area contributed by atoms with Crippen molar-refractivity contribution in [2.75, 3.05) is 38.2 Å². The molecule has 0 radical (unpaired) electrons. The summed E-state index contributed by atoms with van der Waals surface area (Å²) in [6.45, 7) is 2.97. The van der Waals surface area contributed by atoms with Gasteiger partial charge in [0, 0.05) is 45.0 Å². The van der Waals surface area contributed by atoms with Gasteiger partial charge in [0.05, 0.1) is 24.4 Å². The Morgan fingerprint density at radius 3 is 2.36 bits per heavy atom. The zero-order valence-corrected chi connectivity index (χ0v) is 19.6. The number of ether oxygens (including phenoxy) is 1. The molecule has 1 saturated heterocycles. The molecule has 0 aliphatic carbocycles. The molecule has 3 heterocycles. The highest BCUT2D eigenvalue weighted by molar-refractivity contribution is 7.71. The average molecular weight is 499 g/mol. The molecule has 2 aromatic heterocycles. The van der Waals surface area contributed by atoms with E-state index in [1.54, 1.807) is 11.8 Å². The number of anilines is 1. The topological polar surface area (TPSA) is 51.4 Å². The molecule has 1 aromatic carbocycles. The number of aromatic nitrogens is 4. The second-order valence-corrected chi connectivity index (χ2v) is 8.44. The molecule has 12 heteroatoms. The molecule has 1 aliphatic heterocycles. The van der Waals surface area contributed by atoms with Gasteiger partial charge < -0.3 is 14.2 Å². The van der Waals surface area contributed by atoms with Gasteiger partial charge in [-0.1, -0.05) is 11.6 Å². The van der Waals surface area contributed by atoms with Crippen LogP contribution in [0.3, 0.4) is 0 Å². The molecule has 3 aromatic rings. The molecule has 0 amide bonds. The third-order valence-electron chi connectivity index (χ3n) is 5.54. The zero-order valence-electron chi connectivity index (χ0n) is 18.0. The summed E-state index contributed by atoms with van der Waals surface area (Å²) < 4.78 is 48.0. The largest absolute Gasteiger partial charge is 0.497 e. The number of benzene rings is 1. The van der Waals surface area contributed by atoms with Gasteiger partial charge in [-0.15, -0.1) is 0 Å². The van der Waals surface area contributed by atoms with Crippen LogP contribution in [-0.4, -0.2) is 57.5 Å². The fraction of sp³-hybridized carbons (Fsp3) is 0.381. The summed E-state index contributed by atoms with van der Waals surface area (Å²) in [6, 6.07) is 8.53. The number of hydrogen-bond donors (Lipinski definition) is 0. The zero-order chi connectivity index (χ0) is 23.8. The lowest BCUT2D eigenvalue weighted by atomic mass is 10.2. The lowest BCUT2D eigenvalue weighted by Crippen LogP contribution is -2.47. The number of methoxy groups -OCH3 is 1. The summed E-state index contributed by atoms with van der Waals surface area (Å²) in [5.74, 6) is 1.88. The first kappa shape index (κ1) is 23.5. The van der Waals surface area contributed by atoms with E-state index in [1.165, 1.54) is 0 Å². The second-order valence-electron chi connectivity index (χ2n) is 7.67. The van der Waals surface area contributed by atoms with Crippen LogP contribution in [0, 0.1) is 4.77 Å². The molecule has 0 atom stereocenters. The Kier molecular flexibility index (Phi) is 6.64. The molecule has 4 rings (SSSR count). The van der Waals surface area contributed by atoms with Crippen molar-refractivity contribution in [2.45, 2.75) is 12.8 Å². The number of nitrogens with zero attached hydrogens (tertiary/aromatic N) is 6. The highest BCUT2D eigenvalue weighted by Crippen LogP contribution is 2.33. The third kappa shape index (κ3) is 4.99. The van der Waals surface area contributed by atoms with E-state index < -0.39 is 11.7 Å². The molecule has 7 nitrogen and oxygen atoms in total. The van der Waals surface area contributed by atoms with Crippen LogP contribution in [0.2, 0.25) is 5.02 Å². The van der Waals surface area contributed by atoms with Crippen molar-refractivity contribution in [3.8, 4) is 17.1 Å². The first-order valence-corrected chi connectivity index (χ1v) is 10.9. The lowest BCUT2D eigenvalue weighted by Gasteiger charge is -2.35. The minimum absolute atomic E-state index is 0.00523. The minimum atomic E-state index is -4.47. The highest BCUT2D eigenvalue weighted by atomic mass is 35.5. The average Bonchev–Trinajstić information content (AvgIpc) is 3.07. The van der Waals surface area contributed by atoms with Gasteiger partial charge in [-0.3, -0.25) is 4.90 Å². The van der Waals surface area contributed by atoms with Crippen LogP contribution in [0.15, 0.2) is 36.5 Å². The number of pyridine rings is 1. The summed E-state index contributed by atoms with van der Waals surface area (Å²) in [5.41, 5.74) is 0.0723. The van der Waals surface area contributed by atoms with E-state index in [0.29, 0.717) is 43.4 Å². The summed E-state index contributed by atoms with van der Waals surface area (Å²) in [6.07, 6.45) is -3.65. The maximum atomic E-state index is 12.9. The van der Waals surface area contributed by atoms with Crippen molar-refractivity contribution >= 4 is 29.6 Å². The summed E-state index contributed by atoms with van der Waals surface area (Å²) in [4.78, 5) is 8.03. The second kappa shape index (κ2) is 9.32. The number of halogens is 4. The molecule has 0 saturated carbocycles. The van der Waals surface area contributed by atoms with Gasteiger partial charge in [0.15, 0.2) is 10.6 Å². The number of piperazine rings is 1. The van der Waals surface area contributed by atoms with Crippen molar-refractivity contribution in [3.63, 3.8) is 0 Å². The quantitative estimate of drug-likeness (QED) is 0.484. The number of alkyl halides is 3. The number of hydrogen-bond acceptors (Lipinski definition) is 6. The molecule has 33 heavy (non-hydrogen) atoms. The van der Waals surface area contributed by atoms with E-state index in [9.17, 15) is 13.2 Å². The first-order valence-electron chi connectivity index (χ1n) is 10.2. The van der Waals surface area contributed by atoms with Gasteiger partial charge in [-0.25, -0.2) is 9.67 Å². The molecular weight excluding hydrogens is 477 g/mol. The fourth-order valence-corrected chi connectivity index (χ4v) is 4.15. The Morgan fingerprint density at radius 2 is 1.79 bits per heavy atom. The minimum Gasteiger partial charge on any atom is -0.497 e. The van der Waals surface area contributed by atoms with Crippen LogP contribution in [0.4, 0.5) is 19.0 Å². The van der Waals surface area contributed by atoms with Crippen LogP contribution in [-0.2, 0) is 19.9 Å². The van der Waals surface area contributed by atoms with Gasteiger partial charge in [0.2, 0.25) is 0 Å². The van der Waals surface area contributed by atoms with E-state index in [0.717, 1.165) is 29.4 Å². The van der Waals surface area contributed by atoms with Crippen LogP contribution in [0.5, 0.6) is 5.75 Å². The molecular formula is C21H22ClF3N6OS.